The van der Waals surface area contributed by atoms with E-state index in [9.17, 15) is 4.79 Å². The molecule has 0 unspecified atom stereocenters. The molecule has 4 heterocycles. The molecule has 4 aromatic rings. The van der Waals surface area contributed by atoms with Crippen LogP contribution < -0.4 is 10.1 Å². The molecule has 0 saturated heterocycles. The average molecular weight is 378 g/mol. The number of hydrogen-bond donors (Lipinski definition) is 1. The lowest BCUT2D eigenvalue weighted by molar-refractivity contribution is 0.102. The van der Waals surface area contributed by atoms with Crippen LogP contribution in [0.2, 0.25) is 0 Å². The van der Waals surface area contributed by atoms with Crippen LogP contribution in [0.1, 0.15) is 10.5 Å². The third kappa shape index (κ3) is 3.53. The monoisotopic (exact) mass is 378 g/mol. The van der Waals surface area contributed by atoms with Gasteiger partial charge in [-0.25, -0.2) is 15.0 Å². The van der Waals surface area contributed by atoms with Crippen molar-refractivity contribution >= 4 is 22.4 Å². The normalized spacial score (nSPS) is 10.6. The van der Waals surface area contributed by atoms with Gasteiger partial charge in [0.15, 0.2) is 5.13 Å². The number of carbonyl (C=O) groups excluding carboxylic acids is 1. The molecule has 4 aromatic heterocycles. The number of imidazole rings is 1. The summed E-state index contributed by atoms with van der Waals surface area (Å²) >= 11 is 1.32. The van der Waals surface area contributed by atoms with Gasteiger partial charge in [0.25, 0.3) is 5.91 Å². The third-order valence-electron chi connectivity index (χ3n) is 3.73. The Labute approximate surface area is 158 Å². The minimum absolute atomic E-state index is 0.318. The first-order valence-electron chi connectivity index (χ1n) is 7.95. The Morgan fingerprint density at radius 1 is 1.15 bits per heavy atom. The highest BCUT2D eigenvalue weighted by atomic mass is 32.1. The van der Waals surface area contributed by atoms with Crippen LogP contribution in [-0.2, 0) is 0 Å². The first-order chi connectivity index (χ1) is 13.2. The van der Waals surface area contributed by atoms with Gasteiger partial charge >= 0.3 is 0 Å². The van der Waals surface area contributed by atoms with E-state index in [1.54, 1.807) is 36.5 Å². The summed E-state index contributed by atoms with van der Waals surface area (Å²) in [6.45, 7) is 0. The topological polar surface area (TPSA) is 94.8 Å². The molecule has 0 spiro atoms. The van der Waals surface area contributed by atoms with E-state index in [0.717, 1.165) is 0 Å². The minimum atomic E-state index is -0.318. The summed E-state index contributed by atoms with van der Waals surface area (Å²) in [7, 11) is 1.59. The number of aromatic nitrogens is 5. The number of thiazole rings is 1. The smallest absolute Gasteiger partial charge is 0.276 e. The highest BCUT2D eigenvalue weighted by Crippen LogP contribution is 2.25. The van der Waals surface area contributed by atoms with E-state index in [2.05, 4.69) is 25.3 Å². The molecule has 27 heavy (non-hydrogen) atoms. The number of hydrogen-bond acceptors (Lipinski definition) is 7. The number of pyridine rings is 2. The van der Waals surface area contributed by atoms with Gasteiger partial charge in [0, 0.05) is 11.6 Å². The summed E-state index contributed by atoms with van der Waals surface area (Å²) in [5.41, 5.74) is 1.75. The maximum Gasteiger partial charge on any atom is 0.276 e. The van der Waals surface area contributed by atoms with Crippen molar-refractivity contribution < 1.29 is 9.53 Å². The Bertz CT molecular complexity index is 1060. The summed E-state index contributed by atoms with van der Waals surface area (Å²) in [4.78, 5) is 29.7. The van der Waals surface area contributed by atoms with Crippen LogP contribution in [0.15, 0.2) is 60.6 Å². The summed E-state index contributed by atoms with van der Waals surface area (Å²) in [6, 6.07) is 9.08. The second kappa shape index (κ2) is 7.34. The highest BCUT2D eigenvalue weighted by Gasteiger charge is 2.16. The lowest BCUT2D eigenvalue weighted by atomic mass is 10.3. The molecule has 0 bridgehead atoms. The standard InChI is InChI=1S/C18H14N6O2S/c1-26-12-5-6-13(21-8-12)14-10-27-18(22-14)23-17(25)15-9-19-11-24(15)16-4-2-3-7-20-16/h2-11H,1H3,(H,22,23,25). The number of amides is 1. The lowest BCUT2D eigenvalue weighted by Crippen LogP contribution is -2.16. The SMILES string of the molecule is COc1ccc(-c2csc(NC(=O)c3cncn3-c3ccccn3)n2)nc1. The van der Waals surface area contributed by atoms with E-state index >= 15 is 0 Å². The number of methoxy groups -OCH3 is 1. The molecule has 0 aliphatic rings. The third-order valence-corrected chi connectivity index (χ3v) is 4.48. The molecule has 0 fully saturated rings. The number of nitrogens with one attached hydrogen (secondary N) is 1. The number of carbonyl (C=O) groups is 1. The quantitative estimate of drug-likeness (QED) is 0.574. The Kier molecular flexibility index (Phi) is 4.58. The first kappa shape index (κ1) is 16.9. The van der Waals surface area contributed by atoms with Gasteiger partial charge in [0.2, 0.25) is 0 Å². The Hall–Kier alpha value is -3.59. The van der Waals surface area contributed by atoms with Gasteiger partial charge in [-0.15, -0.1) is 11.3 Å². The van der Waals surface area contributed by atoms with E-state index in [1.807, 2.05) is 29.6 Å². The first-order valence-corrected chi connectivity index (χ1v) is 8.83. The second-order valence-electron chi connectivity index (χ2n) is 5.41. The molecule has 9 heteroatoms. The molecule has 4 rings (SSSR count). The maximum absolute atomic E-state index is 12.6. The fourth-order valence-corrected chi connectivity index (χ4v) is 3.10. The summed E-state index contributed by atoms with van der Waals surface area (Å²) in [5, 5.41) is 5.10. The average Bonchev–Trinajstić information content (AvgIpc) is 3.38. The zero-order valence-corrected chi connectivity index (χ0v) is 15.1. The van der Waals surface area contributed by atoms with Crippen LogP contribution in [-0.4, -0.2) is 37.5 Å². The van der Waals surface area contributed by atoms with Crippen LogP contribution in [0.5, 0.6) is 5.75 Å². The van der Waals surface area contributed by atoms with Crippen molar-refractivity contribution in [3.05, 3.63) is 66.3 Å². The van der Waals surface area contributed by atoms with E-state index in [1.165, 1.54) is 17.5 Å². The maximum atomic E-state index is 12.6. The molecule has 0 atom stereocenters. The Morgan fingerprint density at radius 2 is 2.07 bits per heavy atom. The number of nitrogens with zero attached hydrogens (tertiary/aromatic N) is 5. The van der Waals surface area contributed by atoms with Gasteiger partial charge in [0.1, 0.15) is 29.3 Å². The minimum Gasteiger partial charge on any atom is -0.495 e. The van der Waals surface area contributed by atoms with E-state index in [0.29, 0.717) is 33.8 Å². The van der Waals surface area contributed by atoms with Crippen molar-refractivity contribution in [3.8, 4) is 23.0 Å². The van der Waals surface area contributed by atoms with Crippen molar-refractivity contribution in [3.63, 3.8) is 0 Å². The Morgan fingerprint density at radius 3 is 2.81 bits per heavy atom. The van der Waals surface area contributed by atoms with E-state index in [-0.39, 0.29) is 5.91 Å². The van der Waals surface area contributed by atoms with Crippen molar-refractivity contribution in [2.45, 2.75) is 0 Å². The van der Waals surface area contributed by atoms with Gasteiger partial charge < -0.3 is 4.74 Å². The van der Waals surface area contributed by atoms with Crippen LogP contribution >= 0.6 is 11.3 Å². The Balaban J connectivity index is 1.53. The van der Waals surface area contributed by atoms with Crippen LogP contribution in [0.4, 0.5) is 5.13 Å². The van der Waals surface area contributed by atoms with Gasteiger partial charge in [-0.2, -0.15) is 0 Å². The van der Waals surface area contributed by atoms with Crippen molar-refractivity contribution in [1.29, 1.82) is 0 Å². The van der Waals surface area contributed by atoms with E-state index in [4.69, 9.17) is 4.74 Å². The van der Waals surface area contributed by atoms with E-state index < -0.39 is 0 Å². The van der Waals surface area contributed by atoms with Gasteiger partial charge in [-0.3, -0.25) is 19.7 Å². The fourth-order valence-electron chi connectivity index (χ4n) is 2.40. The predicted molar refractivity (Wildman–Crippen MR) is 101 cm³/mol. The predicted octanol–water partition coefficient (Wildman–Crippen LogP) is 3.05. The van der Waals surface area contributed by atoms with Crippen LogP contribution in [0, 0.1) is 0 Å². The number of ether oxygens (including phenoxy) is 1. The molecule has 1 N–H and O–H groups in total. The molecule has 134 valence electrons. The fraction of sp³-hybridized carbons (Fsp3) is 0.0556. The van der Waals surface area contributed by atoms with Crippen LogP contribution in [0.25, 0.3) is 17.2 Å². The molecule has 0 aliphatic carbocycles. The van der Waals surface area contributed by atoms with Crippen molar-refractivity contribution in [2.75, 3.05) is 12.4 Å². The molecular weight excluding hydrogens is 364 g/mol. The zero-order chi connectivity index (χ0) is 18.6. The lowest BCUT2D eigenvalue weighted by Gasteiger charge is -2.06. The summed E-state index contributed by atoms with van der Waals surface area (Å²) in [5.74, 6) is 0.967. The van der Waals surface area contributed by atoms with Crippen LogP contribution in [0.3, 0.4) is 0 Å². The molecule has 8 nitrogen and oxygen atoms in total. The van der Waals surface area contributed by atoms with Crippen molar-refractivity contribution in [2.24, 2.45) is 0 Å². The largest absolute Gasteiger partial charge is 0.495 e. The summed E-state index contributed by atoms with van der Waals surface area (Å²) in [6.07, 6.45) is 6.32. The molecule has 1 amide bonds. The molecular formula is C18H14N6O2S. The summed E-state index contributed by atoms with van der Waals surface area (Å²) < 4.78 is 6.72. The highest BCUT2D eigenvalue weighted by molar-refractivity contribution is 7.14. The molecule has 0 radical (unpaired) electrons. The molecule has 0 saturated carbocycles. The van der Waals surface area contributed by atoms with Gasteiger partial charge in [-0.05, 0) is 24.3 Å². The molecule has 0 aliphatic heterocycles. The second-order valence-corrected chi connectivity index (χ2v) is 6.27. The van der Waals surface area contributed by atoms with Crippen molar-refractivity contribution in [1.82, 2.24) is 24.5 Å². The van der Waals surface area contributed by atoms with Gasteiger partial charge in [-0.1, -0.05) is 6.07 Å². The number of anilines is 1. The molecule has 0 aromatic carbocycles. The number of rotatable bonds is 5. The van der Waals surface area contributed by atoms with Gasteiger partial charge in [0.05, 0.1) is 25.2 Å². The zero-order valence-electron chi connectivity index (χ0n) is 14.2.